The normalized spacial score (nSPS) is 11.0. The summed E-state index contributed by atoms with van der Waals surface area (Å²) in [7, 11) is 1.36. The second-order valence-corrected chi connectivity index (χ2v) is 3.49. The molecule has 0 bridgehead atoms. The molecule has 7 heteroatoms. The van der Waals surface area contributed by atoms with Gasteiger partial charge in [0.25, 0.3) is 0 Å². The largest absolute Gasteiger partial charge is 0.493 e. The number of halogens is 3. The van der Waals surface area contributed by atoms with Crippen LogP contribution in [0.3, 0.4) is 0 Å². The summed E-state index contributed by atoms with van der Waals surface area (Å²) in [5, 5.41) is 0. The molecule has 0 saturated carbocycles. The smallest absolute Gasteiger partial charge is 0.422 e. The van der Waals surface area contributed by atoms with Crippen LogP contribution in [0.4, 0.5) is 13.2 Å². The van der Waals surface area contributed by atoms with Gasteiger partial charge in [-0.3, -0.25) is 0 Å². The molecule has 1 rings (SSSR count). The minimum Gasteiger partial charge on any atom is -0.493 e. The van der Waals surface area contributed by atoms with Crippen molar-refractivity contribution in [3.05, 3.63) is 23.8 Å². The van der Waals surface area contributed by atoms with Gasteiger partial charge in [0.05, 0.1) is 19.3 Å². The number of hydrogen-bond donors (Lipinski definition) is 0. The van der Waals surface area contributed by atoms with Crippen LogP contribution < -0.4 is 9.47 Å². The van der Waals surface area contributed by atoms with Gasteiger partial charge < -0.3 is 14.2 Å². The first-order chi connectivity index (χ1) is 8.87. The van der Waals surface area contributed by atoms with Crippen LogP contribution in [-0.2, 0) is 4.74 Å². The summed E-state index contributed by atoms with van der Waals surface area (Å²) >= 11 is 0. The SMILES string of the molecule is CCOc1ccc(C(=O)OCC(F)(F)F)cc1OC. The van der Waals surface area contributed by atoms with Crippen LogP contribution >= 0.6 is 0 Å². The Hall–Kier alpha value is -1.92. The Kier molecular flexibility index (Phi) is 5.02. The fourth-order valence-electron chi connectivity index (χ4n) is 1.30. The zero-order valence-corrected chi connectivity index (χ0v) is 10.4. The van der Waals surface area contributed by atoms with E-state index in [1.54, 1.807) is 6.92 Å². The second-order valence-electron chi connectivity index (χ2n) is 3.49. The van der Waals surface area contributed by atoms with Crippen LogP contribution in [0.5, 0.6) is 11.5 Å². The molecule has 0 aliphatic heterocycles. The molecule has 0 aromatic heterocycles. The van der Waals surface area contributed by atoms with Crippen molar-refractivity contribution in [1.29, 1.82) is 0 Å². The first kappa shape index (κ1) is 15.1. The van der Waals surface area contributed by atoms with Crippen molar-refractivity contribution < 1.29 is 32.2 Å². The predicted octanol–water partition coefficient (Wildman–Crippen LogP) is 2.81. The molecule has 0 unspecified atom stereocenters. The molecule has 4 nitrogen and oxygen atoms in total. The standard InChI is InChI=1S/C12H13F3O4/c1-3-18-9-5-4-8(6-10(9)17-2)11(16)19-7-12(13,14)15/h4-6H,3,7H2,1-2H3. The van der Waals surface area contributed by atoms with Crippen molar-refractivity contribution >= 4 is 5.97 Å². The zero-order valence-electron chi connectivity index (χ0n) is 10.4. The van der Waals surface area contributed by atoms with E-state index in [0.717, 1.165) is 0 Å². The quantitative estimate of drug-likeness (QED) is 0.777. The maximum absolute atomic E-state index is 11.9. The van der Waals surface area contributed by atoms with Gasteiger partial charge in [-0.25, -0.2) is 4.79 Å². The number of methoxy groups -OCH3 is 1. The minimum absolute atomic E-state index is 0.0375. The number of hydrogen-bond acceptors (Lipinski definition) is 4. The summed E-state index contributed by atoms with van der Waals surface area (Å²) in [5.41, 5.74) is -0.0375. The molecule has 1 aromatic carbocycles. The molecule has 0 saturated heterocycles. The third kappa shape index (κ3) is 4.69. The van der Waals surface area contributed by atoms with Crippen LogP contribution in [0.15, 0.2) is 18.2 Å². The first-order valence-corrected chi connectivity index (χ1v) is 5.42. The fourth-order valence-corrected chi connectivity index (χ4v) is 1.30. The number of rotatable bonds is 5. The molecular weight excluding hydrogens is 265 g/mol. The lowest BCUT2D eigenvalue weighted by Gasteiger charge is -2.11. The summed E-state index contributed by atoms with van der Waals surface area (Å²) in [6.45, 7) is 0.542. The van der Waals surface area contributed by atoms with E-state index in [4.69, 9.17) is 9.47 Å². The first-order valence-electron chi connectivity index (χ1n) is 5.42. The number of benzene rings is 1. The highest BCUT2D eigenvalue weighted by atomic mass is 19.4. The van der Waals surface area contributed by atoms with Gasteiger partial charge >= 0.3 is 12.1 Å². The molecule has 106 valence electrons. The summed E-state index contributed by atoms with van der Waals surface area (Å²) in [4.78, 5) is 11.4. The van der Waals surface area contributed by atoms with E-state index in [9.17, 15) is 18.0 Å². The molecule has 0 amide bonds. The lowest BCUT2D eigenvalue weighted by Crippen LogP contribution is -2.20. The zero-order chi connectivity index (χ0) is 14.5. The number of ether oxygens (including phenoxy) is 3. The van der Waals surface area contributed by atoms with E-state index < -0.39 is 18.8 Å². The lowest BCUT2D eigenvalue weighted by atomic mass is 10.2. The lowest BCUT2D eigenvalue weighted by molar-refractivity contribution is -0.161. The molecule has 0 aliphatic rings. The molecule has 0 N–H and O–H groups in total. The van der Waals surface area contributed by atoms with Gasteiger partial charge in [0.1, 0.15) is 0 Å². The van der Waals surface area contributed by atoms with E-state index in [1.807, 2.05) is 0 Å². The number of esters is 1. The monoisotopic (exact) mass is 278 g/mol. The Labute approximate surface area is 108 Å². The molecule has 0 radical (unpaired) electrons. The maximum Gasteiger partial charge on any atom is 0.422 e. The summed E-state index contributed by atoms with van der Waals surface area (Å²) < 4.78 is 50.1. The Morgan fingerprint density at radius 2 is 1.95 bits per heavy atom. The second kappa shape index (κ2) is 6.31. The van der Waals surface area contributed by atoms with E-state index in [2.05, 4.69) is 4.74 Å². The number of carbonyl (C=O) groups excluding carboxylic acids is 1. The van der Waals surface area contributed by atoms with Crippen molar-refractivity contribution in [1.82, 2.24) is 0 Å². The Morgan fingerprint density at radius 1 is 1.26 bits per heavy atom. The van der Waals surface area contributed by atoms with Crippen molar-refractivity contribution in [3.8, 4) is 11.5 Å². The third-order valence-electron chi connectivity index (χ3n) is 2.07. The van der Waals surface area contributed by atoms with Gasteiger partial charge in [-0.1, -0.05) is 0 Å². The molecule has 0 atom stereocenters. The Bertz CT molecular complexity index is 443. The molecule has 0 aliphatic carbocycles. The number of alkyl halides is 3. The average Bonchev–Trinajstić information content (AvgIpc) is 2.36. The van der Waals surface area contributed by atoms with Gasteiger partial charge in [0.2, 0.25) is 0 Å². The van der Waals surface area contributed by atoms with Gasteiger partial charge in [0.15, 0.2) is 18.1 Å². The van der Waals surface area contributed by atoms with Crippen molar-refractivity contribution in [2.45, 2.75) is 13.1 Å². The molecule has 0 fully saturated rings. The van der Waals surface area contributed by atoms with Crippen LogP contribution in [0.1, 0.15) is 17.3 Å². The molecule has 0 spiro atoms. The van der Waals surface area contributed by atoms with E-state index >= 15 is 0 Å². The fraction of sp³-hybridized carbons (Fsp3) is 0.417. The van der Waals surface area contributed by atoms with Crippen LogP contribution in [0, 0.1) is 0 Å². The van der Waals surface area contributed by atoms with Gasteiger partial charge in [-0.2, -0.15) is 13.2 Å². The maximum atomic E-state index is 11.9. The summed E-state index contributed by atoms with van der Waals surface area (Å²) in [6.07, 6.45) is -4.55. The Morgan fingerprint density at radius 3 is 2.47 bits per heavy atom. The molecular formula is C12H13F3O4. The van der Waals surface area contributed by atoms with E-state index in [-0.39, 0.29) is 11.3 Å². The van der Waals surface area contributed by atoms with E-state index in [0.29, 0.717) is 12.4 Å². The van der Waals surface area contributed by atoms with Crippen LogP contribution in [0.25, 0.3) is 0 Å². The van der Waals surface area contributed by atoms with E-state index in [1.165, 1.54) is 25.3 Å². The van der Waals surface area contributed by atoms with Crippen molar-refractivity contribution in [2.75, 3.05) is 20.3 Å². The topological polar surface area (TPSA) is 44.8 Å². The molecule has 1 aromatic rings. The van der Waals surface area contributed by atoms with Gasteiger partial charge in [-0.15, -0.1) is 0 Å². The number of carbonyl (C=O) groups is 1. The summed E-state index contributed by atoms with van der Waals surface area (Å²) in [5.74, 6) is -0.417. The highest BCUT2D eigenvalue weighted by molar-refractivity contribution is 5.90. The Balaban J connectivity index is 2.81. The van der Waals surface area contributed by atoms with Crippen molar-refractivity contribution in [3.63, 3.8) is 0 Å². The molecule has 19 heavy (non-hydrogen) atoms. The third-order valence-corrected chi connectivity index (χ3v) is 2.07. The van der Waals surface area contributed by atoms with Gasteiger partial charge in [0, 0.05) is 0 Å². The summed E-state index contributed by atoms with van der Waals surface area (Å²) in [6, 6.07) is 4.02. The highest BCUT2D eigenvalue weighted by Gasteiger charge is 2.30. The predicted molar refractivity (Wildman–Crippen MR) is 60.5 cm³/mol. The van der Waals surface area contributed by atoms with Crippen LogP contribution in [-0.4, -0.2) is 32.5 Å². The average molecular weight is 278 g/mol. The van der Waals surface area contributed by atoms with Gasteiger partial charge in [-0.05, 0) is 25.1 Å². The minimum atomic E-state index is -4.55. The van der Waals surface area contributed by atoms with Crippen LogP contribution in [0.2, 0.25) is 0 Å². The molecule has 0 heterocycles. The highest BCUT2D eigenvalue weighted by Crippen LogP contribution is 2.28. The van der Waals surface area contributed by atoms with Crippen molar-refractivity contribution in [2.24, 2.45) is 0 Å².